The molecule has 8 nitrogen and oxygen atoms in total. The molecule has 0 radical (unpaired) electrons. The minimum Gasteiger partial charge on any atom is -0.494 e. The minimum atomic E-state index is -3.90. The molecule has 0 saturated heterocycles. The number of carbonyl (C=O) groups is 2. The number of benzene rings is 3. The topological polar surface area (TPSA) is 96.0 Å². The molecule has 0 bridgehead atoms. The van der Waals surface area contributed by atoms with Crippen LogP contribution in [0.4, 0.5) is 5.69 Å². The van der Waals surface area contributed by atoms with Crippen LogP contribution < -0.4 is 14.4 Å². The van der Waals surface area contributed by atoms with E-state index in [1.54, 1.807) is 42.5 Å². The summed E-state index contributed by atoms with van der Waals surface area (Å²) in [7, 11) is -3.90. The second-order valence-corrected chi connectivity index (χ2v) is 13.6. The van der Waals surface area contributed by atoms with E-state index in [1.807, 2.05) is 58.0 Å². The highest BCUT2D eigenvalue weighted by molar-refractivity contribution is 7.92. The standard InChI is InChI=1S/C31H37Cl2N3O5S/c1-6-41-24-17-15-23(16-18-24)36(42(5,39)40)21-29(37)35(20-25-26(32)13-10-14-27(25)33)28(30(38)34-31(2,3)4)19-22-11-8-7-9-12-22/h7-18,28H,6,19-21H2,1-5H3,(H,34,38)/t28-/m1/s1. The Morgan fingerprint density at radius 2 is 1.52 bits per heavy atom. The van der Waals surface area contributed by atoms with E-state index in [2.05, 4.69) is 5.32 Å². The predicted octanol–water partition coefficient (Wildman–Crippen LogP) is 5.71. The molecule has 42 heavy (non-hydrogen) atoms. The van der Waals surface area contributed by atoms with Gasteiger partial charge in [-0.2, -0.15) is 0 Å². The van der Waals surface area contributed by atoms with Gasteiger partial charge in [0, 0.05) is 34.1 Å². The number of hydrogen-bond acceptors (Lipinski definition) is 5. The average Bonchev–Trinajstić information content (AvgIpc) is 2.90. The maximum atomic E-state index is 14.2. The van der Waals surface area contributed by atoms with Crippen molar-refractivity contribution < 1.29 is 22.7 Å². The van der Waals surface area contributed by atoms with Gasteiger partial charge in [0.25, 0.3) is 0 Å². The molecular weight excluding hydrogens is 597 g/mol. The number of nitrogens with zero attached hydrogens (tertiary/aromatic N) is 2. The summed E-state index contributed by atoms with van der Waals surface area (Å²) < 4.78 is 32.4. The van der Waals surface area contributed by atoms with Gasteiger partial charge in [0.15, 0.2) is 0 Å². The third-order valence-electron chi connectivity index (χ3n) is 6.27. The molecule has 0 aliphatic heterocycles. The number of nitrogens with one attached hydrogen (secondary N) is 1. The Morgan fingerprint density at radius 3 is 2.05 bits per heavy atom. The number of anilines is 1. The van der Waals surface area contributed by atoms with Gasteiger partial charge >= 0.3 is 0 Å². The van der Waals surface area contributed by atoms with Gasteiger partial charge in [-0.25, -0.2) is 8.42 Å². The average molecular weight is 635 g/mol. The molecule has 0 aromatic heterocycles. The van der Waals surface area contributed by atoms with E-state index in [0.717, 1.165) is 16.1 Å². The monoisotopic (exact) mass is 633 g/mol. The Morgan fingerprint density at radius 1 is 0.929 bits per heavy atom. The van der Waals surface area contributed by atoms with Crippen LogP contribution in [0.3, 0.4) is 0 Å². The van der Waals surface area contributed by atoms with Crippen LogP contribution >= 0.6 is 23.2 Å². The Kier molecular flexibility index (Phi) is 11.3. The Balaban J connectivity index is 2.10. The second-order valence-electron chi connectivity index (χ2n) is 10.9. The van der Waals surface area contributed by atoms with Crippen molar-refractivity contribution in [3.63, 3.8) is 0 Å². The molecule has 1 N–H and O–H groups in total. The van der Waals surface area contributed by atoms with Gasteiger partial charge in [0.2, 0.25) is 21.8 Å². The lowest BCUT2D eigenvalue weighted by molar-refractivity contribution is -0.140. The summed E-state index contributed by atoms with van der Waals surface area (Å²) in [6.45, 7) is 7.16. The van der Waals surface area contributed by atoms with Gasteiger partial charge in [-0.05, 0) is 69.7 Å². The lowest BCUT2D eigenvalue weighted by Crippen LogP contribution is -2.56. The van der Waals surface area contributed by atoms with E-state index >= 15 is 0 Å². The smallest absolute Gasteiger partial charge is 0.244 e. The first-order valence-corrected chi connectivity index (χ1v) is 16.1. The first kappa shape index (κ1) is 33.2. The van der Waals surface area contributed by atoms with Crippen molar-refractivity contribution in [2.75, 3.05) is 23.7 Å². The SMILES string of the molecule is CCOc1ccc(N(CC(=O)N(Cc2c(Cl)cccc2Cl)[C@H](Cc2ccccc2)C(=O)NC(C)(C)C)S(C)(=O)=O)cc1. The number of sulfonamides is 1. The molecule has 0 aliphatic carbocycles. The number of carbonyl (C=O) groups excluding carboxylic acids is 2. The van der Waals surface area contributed by atoms with Crippen LogP contribution in [0.5, 0.6) is 5.75 Å². The molecule has 0 saturated carbocycles. The molecule has 0 unspecified atom stereocenters. The third-order valence-corrected chi connectivity index (χ3v) is 8.12. The van der Waals surface area contributed by atoms with Crippen LogP contribution in [0.1, 0.15) is 38.8 Å². The number of amides is 2. The highest BCUT2D eigenvalue weighted by atomic mass is 35.5. The molecule has 2 amide bonds. The predicted molar refractivity (Wildman–Crippen MR) is 169 cm³/mol. The zero-order chi connectivity index (χ0) is 31.1. The van der Waals surface area contributed by atoms with Gasteiger partial charge in [-0.3, -0.25) is 13.9 Å². The second kappa shape index (κ2) is 14.3. The van der Waals surface area contributed by atoms with E-state index in [0.29, 0.717) is 28.0 Å². The van der Waals surface area contributed by atoms with E-state index in [1.165, 1.54) is 4.90 Å². The van der Waals surface area contributed by atoms with Crippen LogP contribution in [-0.2, 0) is 32.6 Å². The number of halogens is 2. The molecule has 0 fully saturated rings. The van der Waals surface area contributed by atoms with Crippen molar-refractivity contribution in [3.05, 3.63) is 94.0 Å². The molecule has 0 heterocycles. The largest absolute Gasteiger partial charge is 0.494 e. The zero-order valence-corrected chi connectivity index (χ0v) is 26.8. The van der Waals surface area contributed by atoms with Crippen LogP contribution in [-0.4, -0.2) is 56.1 Å². The summed E-state index contributed by atoms with van der Waals surface area (Å²) in [6, 6.07) is 19.7. The highest BCUT2D eigenvalue weighted by Crippen LogP contribution is 2.28. The molecule has 0 aliphatic rings. The molecule has 1 atom stereocenters. The molecule has 3 aromatic carbocycles. The molecule has 3 aromatic rings. The van der Waals surface area contributed by atoms with Crippen molar-refractivity contribution in [3.8, 4) is 5.75 Å². The van der Waals surface area contributed by atoms with Gasteiger partial charge in [-0.15, -0.1) is 0 Å². The molecule has 0 spiro atoms. The number of hydrogen-bond donors (Lipinski definition) is 1. The fourth-order valence-corrected chi connectivity index (χ4v) is 5.72. The summed E-state index contributed by atoms with van der Waals surface area (Å²) in [4.78, 5) is 29.4. The number of ether oxygens (including phenoxy) is 1. The van der Waals surface area contributed by atoms with Crippen LogP contribution in [0.15, 0.2) is 72.8 Å². The Bertz CT molecular complexity index is 1460. The fraction of sp³-hybridized carbons (Fsp3) is 0.355. The zero-order valence-electron chi connectivity index (χ0n) is 24.4. The van der Waals surface area contributed by atoms with E-state index in [-0.39, 0.29) is 18.7 Å². The van der Waals surface area contributed by atoms with Gasteiger partial charge in [0.1, 0.15) is 18.3 Å². The van der Waals surface area contributed by atoms with Crippen molar-refractivity contribution in [1.82, 2.24) is 10.2 Å². The summed E-state index contributed by atoms with van der Waals surface area (Å²) in [5.74, 6) is -0.428. The first-order chi connectivity index (χ1) is 19.7. The van der Waals surface area contributed by atoms with E-state index in [9.17, 15) is 18.0 Å². The van der Waals surface area contributed by atoms with Crippen molar-refractivity contribution in [2.24, 2.45) is 0 Å². The highest BCUT2D eigenvalue weighted by Gasteiger charge is 2.35. The maximum Gasteiger partial charge on any atom is 0.244 e. The van der Waals surface area contributed by atoms with Gasteiger partial charge in [0.05, 0.1) is 18.6 Å². The van der Waals surface area contributed by atoms with E-state index in [4.69, 9.17) is 27.9 Å². The van der Waals surface area contributed by atoms with Crippen molar-refractivity contribution >= 4 is 50.7 Å². The van der Waals surface area contributed by atoms with E-state index < -0.39 is 40.0 Å². The van der Waals surface area contributed by atoms with Crippen LogP contribution in [0, 0.1) is 0 Å². The van der Waals surface area contributed by atoms with Gasteiger partial charge < -0.3 is 15.0 Å². The molecule has 11 heteroatoms. The van der Waals surface area contributed by atoms with Gasteiger partial charge in [-0.1, -0.05) is 59.6 Å². The number of rotatable bonds is 12. The van der Waals surface area contributed by atoms with Crippen LogP contribution in [0.2, 0.25) is 10.0 Å². The Hall–Kier alpha value is -3.27. The molecule has 226 valence electrons. The lowest BCUT2D eigenvalue weighted by atomic mass is 10.0. The molecular formula is C31H37Cl2N3O5S. The fourth-order valence-electron chi connectivity index (χ4n) is 4.35. The summed E-state index contributed by atoms with van der Waals surface area (Å²) in [5, 5.41) is 3.62. The molecule has 3 rings (SSSR count). The summed E-state index contributed by atoms with van der Waals surface area (Å²) >= 11 is 13.0. The quantitative estimate of drug-likeness (QED) is 0.275. The van der Waals surface area contributed by atoms with Crippen LogP contribution in [0.25, 0.3) is 0 Å². The Labute approximate surface area is 258 Å². The third kappa shape index (κ3) is 9.37. The minimum absolute atomic E-state index is 0.118. The maximum absolute atomic E-state index is 14.2. The summed E-state index contributed by atoms with van der Waals surface area (Å²) in [5.41, 5.74) is 0.955. The normalized spacial score (nSPS) is 12.4. The lowest BCUT2D eigenvalue weighted by Gasteiger charge is -2.35. The summed E-state index contributed by atoms with van der Waals surface area (Å²) in [6.07, 6.45) is 1.21. The first-order valence-electron chi connectivity index (χ1n) is 13.5. The van der Waals surface area contributed by atoms with Crippen molar-refractivity contribution in [2.45, 2.75) is 52.2 Å². The van der Waals surface area contributed by atoms with Crippen molar-refractivity contribution in [1.29, 1.82) is 0 Å².